The number of benzene rings is 1. The number of likely N-dealkylation sites (N-methyl/N-ethyl adjacent to an activating group) is 1. The lowest BCUT2D eigenvalue weighted by Gasteiger charge is -2.28. The van der Waals surface area contributed by atoms with Gasteiger partial charge in [-0.15, -0.1) is 0 Å². The van der Waals surface area contributed by atoms with E-state index in [-0.39, 0.29) is 0 Å². The van der Waals surface area contributed by atoms with Crippen LogP contribution in [0.2, 0.25) is 0 Å². The van der Waals surface area contributed by atoms with Crippen LogP contribution >= 0.6 is 0 Å². The summed E-state index contributed by atoms with van der Waals surface area (Å²) in [6.45, 7) is 5.08. The summed E-state index contributed by atoms with van der Waals surface area (Å²) in [5.41, 5.74) is 0. The molecule has 0 N–H and O–H groups in total. The average molecular weight is 237 g/mol. The second-order valence-electron chi connectivity index (χ2n) is 4.74. The van der Waals surface area contributed by atoms with Gasteiger partial charge in [0.2, 0.25) is 0 Å². The fourth-order valence-corrected chi connectivity index (χ4v) is 1.85. The average Bonchev–Trinajstić information content (AvgIpc) is 2.29. The topological polar surface area (TPSA) is 21.7 Å². The Morgan fingerprint density at radius 2 is 1.71 bits per heavy atom. The van der Waals surface area contributed by atoms with Gasteiger partial charge in [0, 0.05) is 6.04 Å². The van der Waals surface area contributed by atoms with E-state index >= 15 is 0 Å². The number of nitrogens with zero attached hydrogens (tertiary/aromatic N) is 1. The molecule has 0 aliphatic heterocycles. The number of hydrogen-bond acceptors (Lipinski definition) is 3. The third kappa shape index (κ3) is 3.93. The minimum atomic E-state index is 0.403. The van der Waals surface area contributed by atoms with Crippen LogP contribution in [0.5, 0.6) is 11.5 Å². The van der Waals surface area contributed by atoms with Crippen LogP contribution in [0, 0.1) is 5.92 Å². The highest BCUT2D eigenvalue weighted by molar-refractivity contribution is 5.39. The molecular formula is C14H23NO2. The summed E-state index contributed by atoms with van der Waals surface area (Å²) >= 11 is 0. The molecule has 0 amide bonds. The van der Waals surface area contributed by atoms with Crippen molar-refractivity contribution < 1.29 is 9.47 Å². The summed E-state index contributed by atoms with van der Waals surface area (Å²) in [5.74, 6) is 2.15. The summed E-state index contributed by atoms with van der Waals surface area (Å²) in [6.07, 6.45) is 0. The maximum Gasteiger partial charge on any atom is 0.161 e. The van der Waals surface area contributed by atoms with E-state index < -0.39 is 0 Å². The molecule has 1 aromatic carbocycles. The maximum atomic E-state index is 5.85. The number of ether oxygens (including phenoxy) is 2. The highest BCUT2D eigenvalue weighted by Crippen LogP contribution is 2.26. The molecule has 17 heavy (non-hydrogen) atoms. The molecular weight excluding hydrogens is 214 g/mol. The van der Waals surface area contributed by atoms with Gasteiger partial charge in [0.25, 0.3) is 0 Å². The van der Waals surface area contributed by atoms with Crippen molar-refractivity contribution in [2.75, 3.05) is 27.8 Å². The number of para-hydroxylation sites is 2. The van der Waals surface area contributed by atoms with E-state index in [0.717, 1.165) is 11.5 Å². The first-order valence-electron chi connectivity index (χ1n) is 5.98. The Hall–Kier alpha value is -1.22. The summed E-state index contributed by atoms with van der Waals surface area (Å²) in [6, 6.07) is 8.15. The first kappa shape index (κ1) is 13.8. The fraction of sp³-hybridized carbons (Fsp3) is 0.571. The SMILES string of the molecule is COc1ccccc1OC[C@H](C(C)C)N(C)C. The van der Waals surface area contributed by atoms with E-state index in [9.17, 15) is 0 Å². The predicted octanol–water partition coefficient (Wildman–Crippen LogP) is 2.66. The molecule has 1 atom stereocenters. The highest BCUT2D eigenvalue weighted by atomic mass is 16.5. The second kappa shape index (κ2) is 6.50. The van der Waals surface area contributed by atoms with Crippen molar-refractivity contribution in [3.05, 3.63) is 24.3 Å². The molecule has 1 aromatic rings. The summed E-state index contributed by atoms with van der Waals surface area (Å²) in [7, 11) is 5.82. The Morgan fingerprint density at radius 1 is 1.12 bits per heavy atom. The van der Waals surface area contributed by atoms with Crippen LogP contribution in [0.15, 0.2) is 24.3 Å². The third-order valence-corrected chi connectivity index (χ3v) is 2.91. The van der Waals surface area contributed by atoms with Crippen molar-refractivity contribution in [1.29, 1.82) is 0 Å². The Bertz CT molecular complexity index is 329. The molecule has 0 spiro atoms. The van der Waals surface area contributed by atoms with E-state index in [1.165, 1.54) is 0 Å². The smallest absolute Gasteiger partial charge is 0.161 e. The van der Waals surface area contributed by atoms with Gasteiger partial charge in [0.05, 0.1) is 7.11 Å². The normalized spacial score (nSPS) is 12.9. The molecule has 0 heterocycles. The molecule has 1 rings (SSSR count). The molecule has 0 aromatic heterocycles. The Morgan fingerprint density at radius 3 is 2.18 bits per heavy atom. The lowest BCUT2D eigenvalue weighted by molar-refractivity contribution is 0.144. The zero-order chi connectivity index (χ0) is 12.8. The first-order valence-corrected chi connectivity index (χ1v) is 5.98. The minimum absolute atomic E-state index is 0.403. The molecule has 0 bridgehead atoms. The van der Waals surface area contributed by atoms with Gasteiger partial charge in [-0.2, -0.15) is 0 Å². The third-order valence-electron chi connectivity index (χ3n) is 2.91. The van der Waals surface area contributed by atoms with E-state index in [1.807, 2.05) is 24.3 Å². The predicted molar refractivity (Wildman–Crippen MR) is 70.8 cm³/mol. The largest absolute Gasteiger partial charge is 0.493 e. The van der Waals surface area contributed by atoms with Crippen molar-refractivity contribution in [2.24, 2.45) is 5.92 Å². The van der Waals surface area contributed by atoms with Gasteiger partial charge >= 0.3 is 0 Å². The van der Waals surface area contributed by atoms with E-state index in [4.69, 9.17) is 9.47 Å². The number of rotatable bonds is 6. The van der Waals surface area contributed by atoms with Gasteiger partial charge in [-0.05, 0) is 32.1 Å². The summed E-state index contributed by atoms with van der Waals surface area (Å²) in [5, 5.41) is 0. The van der Waals surface area contributed by atoms with E-state index in [2.05, 4.69) is 32.8 Å². The van der Waals surface area contributed by atoms with Crippen LogP contribution in [0.25, 0.3) is 0 Å². The zero-order valence-corrected chi connectivity index (χ0v) is 11.4. The second-order valence-corrected chi connectivity index (χ2v) is 4.74. The van der Waals surface area contributed by atoms with Crippen LogP contribution in [0.4, 0.5) is 0 Å². The Labute approximate surface area is 104 Å². The molecule has 0 saturated heterocycles. The van der Waals surface area contributed by atoms with Gasteiger partial charge in [0.15, 0.2) is 11.5 Å². The molecule has 0 fully saturated rings. The van der Waals surface area contributed by atoms with Crippen LogP contribution in [0.3, 0.4) is 0 Å². The van der Waals surface area contributed by atoms with E-state index in [1.54, 1.807) is 7.11 Å². The standard InChI is InChI=1S/C14H23NO2/c1-11(2)12(15(3)4)10-17-14-9-7-6-8-13(14)16-5/h6-9,11-12H,10H2,1-5H3/t12-/m1/s1. The van der Waals surface area contributed by atoms with Crippen LogP contribution < -0.4 is 9.47 Å². The van der Waals surface area contributed by atoms with Crippen LogP contribution in [-0.2, 0) is 0 Å². The van der Waals surface area contributed by atoms with Crippen molar-refractivity contribution in [1.82, 2.24) is 4.90 Å². The fourth-order valence-electron chi connectivity index (χ4n) is 1.85. The van der Waals surface area contributed by atoms with Crippen molar-refractivity contribution in [3.63, 3.8) is 0 Å². The molecule has 0 aliphatic carbocycles. The molecule has 3 nitrogen and oxygen atoms in total. The van der Waals surface area contributed by atoms with Crippen LogP contribution in [0.1, 0.15) is 13.8 Å². The van der Waals surface area contributed by atoms with Crippen molar-refractivity contribution in [2.45, 2.75) is 19.9 Å². The van der Waals surface area contributed by atoms with Crippen molar-refractivity contribution in [3.8, 4) is 11.5 Å². The van der Waals surface area contributed by atoms with Gasteiger partial charge in [0.1, 0.15) is 6.61 Å². The molecule has 0 radical (unpaired) electrons. The quantitative estimate of drug-likeness (QED) is 0.759. The maximum absolute atomic E-state index is 5.85. The lowest BCUT2D eigenvalue weighted by atomic mass is 10.0. The molecule has 3 heteroatoms. The monoisotopic (exact) mass is 237 g/mol. The zero-order valence-electron chi connectivity index (χ0n) is 11.4. The molecule has 0 saturated carbocycles. The molecule has 96 valence electrons. The first-order chi connectivity index (χ1) is 8.06. The Balaban J connectivity index is 2.65. The highest BCUT2D eigenvalue weighted by Gasteiger charge is 2.17. The molecule has 0 aliphatic rings. The number of methoxy groups -OCH3 is 1. The van der Waals surface area contributed by atoms with Gasteiger partial charge in [-0.3, -0.25) is 0 Å². The van der Waals surface area contributed by atoms with Crippen molar-refractivity contribution >= 4 is 0 Å². The summed E-state index contributed by atoms with van der Waals surface area (Å²) < 4.78 is 11.1. The minimum Gasteiger partial charge on any atom is -0.493 e. The van der Waals surface area contributed by atoms with Gasteiger partial charge in [-0.1, -0.05) is 26.0 Å². The summed E-state index contributed by atoms with van der Waals surface area (Å²) in [4.78, 5) is 2.19. The lowest BCUT2D eigenvalue weighted by Crippen LogP contribution is -2.38. The van der Waals surface area contributed by atoms with Gasteiger partial charge < -0.3 is 14.4 Å². The molecule has 0 unspecified atom stereocenters. The van der Waals surface area contributed by atoms with Gasteiger partial charge in [-0.25, -0.2) is 0 Å². The van der Waals surface area contributed by atoms with Crippen LogP contribution in [-0.4, -0.2) is 38.8 Å². The van der Waals surface area contributed by atoms with E-state index in [0.29, 0.717) is 18.6 Å². The Kier molecular flexibility index (Phi) is 5.29. The number of hydrogen-bond donors (Lipinski definition) is 0.